The Balaban J connectivity index is 2.06. The molecule has 0 heterocycles. The Morgan fingerprint density at radius 1 is 1.11 bits per heavy atom. The van der Waals surface area contributed by atoms with Gasteiger partial charge in [0.1, 0.15) is 11.5 Å². The highest BCUT2D eigenvalue weighted by molar-refractivity contribution is 14.1. The minimum atomic E-state index is 0.187. The van der Waals surface area contributed by atoms with Crippen LogP contribution in [0, 0.1) is 3.57 Å². The lowest BCUT2D eigenvalue weighted by molar-refractivity contribution is 0.482. The monoisotopic (exact) mass is 353 g/mol. The van der Waals surface area contributed by atoms with Crippen molar-refractivity contribution in [2.75, 3.05) is 0 Å². The molecule has 2 rings (SSSR count). The number of benzene rings is 2. The van der Waals surface area contributed by atoms with Crippen molar-refractivity contribution in [2.45, 2.75) is 19.4 Å². The van der Waals surface area contributed by atoms with Gasteiger partial charge in [-0.2, -0.15) is 0 Å². The first-order valence-electron chi connectivity index (χ1n) is 5.91. The second kappa shape index (κ2) is 6.20. The second-order valence-corrected chi connectivity index (χ2v) is 5.63. The predicted octanol–water partition coefficient (Wildman–Crippen LogP) is 3.97. The number of halogens is 1. The first-order valence-corrected chi connectivity index (χ1v) is 6.99. The third-order valence-electron chi connectivity index (χ3n) is 2.51. The molecule has 2 aromatic rings. The van der Waals surface area contributed by atoms with Crippen LogP contribution in [0.1, 0.15) is 12.5 Å². The highest BCUT2D eigenvalue weighted by Gasteiger charge is 2.00. The molecule has 2 nitrogen and oxygen atoms in total. The van der Waals surface area contributed by atoms with Gasteiger partial charge >= 0.3 is 0 Å². The molecule has 0 fully saturated rings. The van der Waals surface area contributed by atoms with Crippen molar-refractivity contribution in [2.24, 2.45) is 5.73 Å². The van der Waals surface area contributed by atoms with Crippen molar-refractivity contribution < 1.29 is 4.74 Å². The van der Waals surface area contributed by atoms with Gasteiger partial charge in [-0.05, 0) is 71.8 Å². The van der Waals surface area contributed by atoms with Crippen LogP contribution in [-0.4, -0.2) is 6.04 Å². The molecule has 1 atom stereocenters. The van der Waals surface area contributed by atoms with Crippen LogP contribution < -0.4 is 10.5 Å². The van der Waals surface area contributed by atoms with Crippen molar-refractivity contribution in [3.05, 3.63) is 57.7 Å². The molecular weight excluding hydrogens is 337 g/mol. The smallest absolute Gasteiger partial charge is 0.128 e. The van der Waals surface area contributed by atoms with Crippen LogP contribution in [0.25, 0.3) is 0 Å². The molecule has 0 aliphatic rings. The van der Waals surface area contributed by atoms with Crippen LogP contribution in [0.15, 0.2) is 48.5 Å². The van der Waals surface area contributed by atoms with Crippen LogP contribution in [0.4, 0.5) is 0 Å². The molecule has 0 saturated heterocycles. The van der Waals surface area contributed by atoms with E-state index >= 15 is 0 Å². The summed E-state index contributed by atoms with van der Waals surface area (Å²) < 4.78 is 6.95. The molecule has 0 bridgehead atoms. The Morgan fingerprint density at radius 3 is 2.44 bits per heavy atom. The number of hydrogen-bond acceptors (Lipinski definition) is 2. The molecule has 94 valence electrons. The molecule has 3 heteroatoms. The fourth-order valence-corrected chi connectivity index (χ4v) is 2.25. The Bertz CT molecular complexity index is 508. The van der Waals surface area contributed by atoms with Crippen molar-refractivity contribution in [3.63, 3.8) is 0 Å². The summed E-state index contributed by atoms with van der Waals surface area (Å²) >= 11 is 2.27. The number of nitrogens with two attached hydrogens (primary N) is 1. The van der Waals surface area contributed by atoms with E-state index in [4.69, 9.17) is 10.5 Å². The van der Waals surface area contributed by atoms with Crippen LogP contribution in [0.3, 0.4) is 0 Å². The summed E-state index contributed by atoms with van der Waals surface area (Å²) in [5.41, 5.74) is 7.01. The quantitative estimate of drug-likeness (QED) is 0.845. The van der Waals surface area contributed by atoms with E-state index in [1.54, 1.807) is 0 Å². The fraction of sp³-hybridized carbons (Fsp3) is 0.200. The lowest BCUT2D eigenvalue weighted by Crippen LogP contribution is -2.17. The zero-order valence-electron chi connectivity index (χ0n) is 10.3. The standard InChI is InChI=1S/C15H16INO/c1-11(17)9-12-5-7-14(8-6-12)18-15-4-2-3-13(16)10-15/h2-8,10-11H,9,17H2,1H3. The number of ether oxygens (including phenoxy) is 1. The number of rotatable bonds is 4. The van der Waals surface area contributed by atoms with Gasteiger partial charge in [0.15, 0.2) is 0 Å². The van der Waals surface area contributed by atoms with E-state index in [-0.39, 0.29) is 6.04 Å². The van der Waals surface area contributed by atoms with E-state index in [9.17, 15) is 0 Å². The van der Waals surface area contributed by atoms with Gasteiger partial charge < -0.3 is 10.5 Å². The Morgan fingerprint density at radius 2 is 1.83 bits per heavy atom. The first-order chi connectivity index (χ1) is 8.63. The van der Waals surface area contributed by atoms with E-state index in [2.05, 4.69) is 34.7 Å². The zero-order chi connectivity index (χ0) is 13.0. The molecule has 0 spiro atoms. The van der Waals surface area contributed by atoms with Crippen molar-refractivity contribution in [1.82, 2.24) is 0 Å². The molecule has 2 aromatic carbocycles. The van der Waals surface area contributed by atoms with Gasteiger partial charge in [0.05, 0.1) is 0 Å². The van der Waals surface area contributed by atoms with Gasteiger partial charge in [0.25, 0.3) is 0 Å². The fourth-order valence-electron chi connectivity index (χ4n) is 1.73. The van der Waals surface area contributed by atoms with Gasteiger partial charge in [-0.1, -0.05) is 18.2 Å². The summed E-state index contributed by atoms with van der Waals surface area (Å²) in [5, 5.41) is 0. The minimum Gasteiger partial charge on any atom is -0.457 e. The summed E-state index contributed by atoms with van der Waals surface area (Å²) in [6.45, 7) is 2.01. The lowest BCUT2D eigenvalue weighted by Gasteiger charge is -2.08. The maximum atomic E-state index is 5.78. The van der Waals surface area contributed by atoms with Gasteiger partial charge in [0.2, 0.25) is 0 Å². The molecular formula is C15H16INO. The van der Waals surface area contributed by atoms with Crippen LogP contribution in [0.2, 0.25) is 0 Å². The maximum Gasteiger partial charge on any atom is 0.128 e. The van der Waals surface area contributed by atoms with E-state index in [1.807, 2.05) is 43.3 Å². The van der Waals surface area contributed by atoms with Crippen molar-refractivity contribution in [1.29, 1.82) is 0 Å². The SMILES string of the molecule is CC(N)Cc1ccc(Oc2cccc(I)c2)cc1. The zero-order valence-corrected chi connectivity index (χ0v) is 12.4. The summed E-state index contributed by atoms with van der Waals surface area (Å²) in [6.07, 6.45) is 0.892. The Labute approximate surface area is 121 Å². The van der Waals surface area contributed by atoms with Gasteiger partial charge in [-0.25, -0.2) is 0 Å². The van der Waals surface area contributed by atoms with Crippen LogP contribution in [-0.2, 0) is 6.42 Å². The third kappa shape index (κ3) is 3.99. The summed E-state index contributed by atoms with van der Waals surface area (Å²) in [6, 6.07) is 16.3. The Hall–Kier alpha value is -1.07. The predicted molar refractivity (Wildman–Crippen MR) is 83.0 cm³/mol. The second-order valence-electron chi connectivity index (χ2n) is 4.38. The van der Waals surface area contributed by atoms with E-state index in [0.29, 0.717) is 0 Å². The average Bonchev–Trinajstić information content (AvgIpc) is 2.31. The molecule has 0 aromatic heterocycles. The summed E-state index contributed by atoms with van der Waals surface area (Å²) in [4.78, 5) is 0. The molecule has 0 aliphatic heterocycles. The van der Waals surface area contributed by atoms with E-state index in [1.165, 1.54) is 9.13 Å². The summed E-state index contributed by atoms with van der Waals surface area (Å²) in [7, 11) is 0. The van der Waals surface area contributed by atoms with Gasteiger partial charge in [-0.3, -0.25) is 0 Å². The molecule has 2 N–H and O–H groups in total. The molecule has 0 aliphatic carbocycles. The first kappa shape index (κ1) is 13.4. The maximum absolute atomic E-state index is 5.78. The average molecular weight is 353 g/mol. The summed E-state index contributed by atoms with van der Waals surface area (Å²) in [5.74, 6) is 1.72. The molecule has 1 unspecified atom stereocenters. The van der Waals surface area contributed by atoms with E-state index in [0.717, 1.165) is 17.9 Å². The Kier molecular flexibility index (Phi) is 4.60. The molecule has 0 amide bonds. The highest BCUT2D eigenvalue weighted by atomic mass is 127. The molecule has 0 saturated carbocycles. The molecule has 18 heavy (non-hydrogen) atoms. The van der Waals surface area contributed by atoms with Crippen LogP contribution in [0.5, 0.6) is 11.5 Å². The third-order valence-corrected chi connectivity index (χ3v) is 3.18. The largest absolute Gasteiger partial charge is 0.457 e. The topological polar surface area (TPSA) is 35.2 Å². The van der Waals surface area contributed by atoms with Crippen molar-refractivity contribution in [3.8, 4) is 11.5 Å². The molecule has 0 radical (unpaired) electrons. The lowest BCUT2D eigenvalue weighted by atomic mass is 10.1. The van der Waals surface area contributed by atoms with Crippen molar-refractivity contribution >= 4 is 22.6 Å². The van der Waals surface area contributed by atoms with Gasteiger partial charge in [0, 0.05) is 9.61 Å². The van der Waals surface area contributed by atoms with Crippen LogP contribution >= 0.6 is 22.6 Å². The number of hydrogen-bond donors (Lipinski definition) is 1. The highest BCUT2D eigenvalue weighted by Crippen LogP contribution is 2.23. The van der Waals surface area contributed by atoms with E-state index < -0.39 is 0 Å². The normalized spacial score (nSPS) is 12.2. The minimum absolute atomic E-state index is 0.187. The van der Waals surface area contributed by atoms with Gasteiger partial charge in [-0.15, -0.1) is 0 Å².